The van der Waals surface area contributed by atoms with Crippen molar-refractivity contribution >= 4 is 29.9 Å². The van der Waals surface area contributed by atoms with Crippen molar-refractivity contribution in [1.29, 1.82) is 0 Å². The number of aromatic nitrogens is 2. The Hall–Kier alpha value is -2.58. The van der Waals surface area contributed by atoms with E-state index < -0.39 is 0 Å². The zero-order chi connectivity index (χ0) is 21.6. The van der Waals surface area contributed by atoms with Crippen molar-refractivity contribution in [2.45, 2.75) is 27.7 Å². The maximum absolute atomic E-state index is 12.7. The summed E-state index contributed by atoms with van der Waals surface area (Å²) < 4.78 is 0. The van der Waals surface area contributed by atoms with Gasteiger partial charge >= 0.3 is 0 Å². The van der Waals surface area contributed by atoms with Crippen molar-refractivity contribution in [3.05, 3.63) is 41.0 Å². The average molecular weight is 415 g/mol. The Morgan fingerprint density at radius 2 is 2.03 bits per heavy atom. The lowest BCUT2D eigenvalue weighted by molar-refractivity contribution is -0.118. The van der Waals surface area contributed by atoms with Gasteiger partial charge in [-0.25, -0.2) is 15.0 Å². The largest absolute Gasteiger partial charge is 0.352 e. The third-order valence-corrected chi connectivity index (χ3v) is 5.31. The monoisotopic (exact) mass is 414 g/mol. The van der Waals surface area contributed by atoms with Gasteiger partial charge in [-0.3, -0.25) is 4.79 Å². The molecule has 156 valence electrons. The lowest BCUT2D eigenvalue weighted by atomic mass is 9.93. The summed E-state index contributed by atoms with van der Waals surface area (Å²) in [5.41, 5.74) is 1.94. The van der Waals surface area contributed by atoms with Crippen LogP contribution in [0.2, 0.25) is 0 Å². The number of thiophene rings is 1. The number of hydrazone groups is 1. The molecule has 2 aromatic rings. The minimum atomic E-state index is -0.141. The van der Waals surface area contributed by atoms with E-state index in [1.165, 1.54) is 5.01 Å². The second kappa shape index (κ2) is 9.76. The third kappa shape index (κ3) is 6.20. The summed E-state index contributed by atoms with van der Waals surface area (Å²) in [7, 11) is 4.05. The van der Waals surface area contributed by atoms with E-state index in [2.05, 4.69) is 45.9 Å². The first-order valence-corrected chi connectivity index (χ1v) is 10.3. The van der Waals surface area contributed by atoms with Crippen molar-refractivity contribution in [1.82, 2.24) is 20.2 Å². The van der Waals surface area contributed by atoms with Crippen LogP contribution in [0.15, 0.2) is 46.1 Å². The molecular formula is C21H30N6OS. The van der Waals surface area contributed by atoms with Gasteiger partial charge in [0.25, 0.3) is 5.95 Å². The molecule has 2 aromatic heterocycles. The summed E-state index contributed by atoms with van der Waals surface area (Å²) in [5, 5.41) is 10.6. The van der Waals surface area contributed by atoms with E-state index in [1.807, 2.05) is 44.6 Å². The predicted octanol–water partition coefficient (Wildman–Crippen LogP) is 3.63. The number of carbonyl (C=O) groups is 1. The predicted molar refractivity (Wildman–Crippen MR) is 121 cm³/mol. The van der Waals surface area contributed by atoms with Gasteiger partial charge in [-0.1, -0.05) is 19.9 Å². The summed E-state index contributed by atoms with van der Waals surface area (Å²) in [6.07, 6.45) is 1.68. The van der Waals surface area contributed by atoms with E-state index in [0.717, 1.165) is 17.1 Å². The van der Waals surface area contributed by atoms with Crippen molar-refractivity contribution in [3.8, 4) is 10.6 Å². The fourth-order valence-electron chi connectivity index (χ4n) is 3.02. The van der Waals surface area contributed by atoms with Crippen molar-refractivity contribution in [3.63, 3.8) is 0 Å². The molecule has 0 aliphatic carbocycles. The molecule has 0 fully saturated rings. The molecular weight excluding hydrogens is 384 g/mol. The number of hydrogen-bond acceptors (Lipinski definition) is 7. The number of nitrogens with zero attached hydrogens (tertiary/aromatic N) is 5. The highest BCUT2D eigenvalue weighted by atomic mass is 32.1. The van der Waals surface area contributed by atoms with Gasteiger partial charge in [-0.05, 0) is 50.9 Å². The fourth-order valence-corrected chi connectivity index (χ4v) is 3.71. The molecule has 0 aliphatic heterocycles. The summed E-state index contributed by atoms with van der Waals surface area (Å²) in [6.45, 7) is 12.9. The maximum Gasteiger partial charge on any atom is 0.251 e. The van der Waals surface area contributed by atoms with Crippen molar-refractivity contribution < 1.29 is 4.79 Å². The summed E-state index contributed by atoms with van der Waals surface area (Å²) in [6, 6.07) is 5.82. The normalized spacial score (nSPS) is 12.5. The molecule has 0 unspecified atom stereocenters. The fraction of sp³-hybridized carbons (Fsp3) is 0.429. The molecule has 0 atom stereocenters. The first kappa shape index (κ1) is 22.7. The van der Waals surface area contributed by atoms with E-state index in [4.69, 9.17) is 0 Å². The third-order valence-electron chi connectivity index (χ3n) is 4.42. The average Bonchev–Trinajstić information content (AvgIpc) is 3.20. The summed E-state index contributed by atoms with van der Waals surface area (Å²) >= 11 is 1.60. The first-order chi connectivity index (χ1) is 13.6. The molecule has 2 rings (SSSR count). The standard InChI is InChI=1S/C21H30N6OS/c1-15(19(28)24-13-21(3,4)14-26(6)7)16(2)27(22-5)20-23-11-10-17(25-20)18-9-8-12-29-18/h8-12H,5,13-14H2,1-4,6-7H3,(H,24,28)/b16-15+. The molecule has 29 heavy (non-hydrogen) atoms. The lowest BCUT2D eigenvalue weighted by Crippen LogP contribution is -2.40. The van der Waals surface area contributed by atoms with Gasteiger partial charge < -0.3 is 10.2 Å². The van der Waals surface area contributed by atoms with Crippen LogP contribution in [0.1, 0.15) is 27.7 Å². The number of carbonyl (C=O) groups excluding carboxylic acids is 1. The van der Waals surface area contributed by atoms with Gasteiger partial charge in [0, 0.05) is 31.6 Å². The van der Waals surface area contributed by atoms with Crippen molar-refractivity contribution in [2.24, 2.45) is 10.5 Å². The minimum absolute atomic E-state index is 0.0398. The van der Waals surface area contributed by atoms with Crippen molar-refractivity contribution in [2.75, 3.05) is 32.2 Å². The van der Waals surface area contributed by atoms with Crippen LogP contribution >= 0.6 is 11.3 Å². The number of hydrogen-bond donors (Lipinski definition) is 1. The number of nitrogens with one attached hydrogen (secondary N) is 1. The summed E-state index contributed by atoms with van der Waals surface area (Å²) in [4.78, 5) is 24.8. The van der Waals surface area contributed by atoms with Crippen LogP contribution in [0.3, 0.4) is 0 Å². The molecule has 0 aliphatic rings. The Balaban J connectivity index is 2.19. The van der Waals surface area contributed by atoms with Gasteiger partial charge in [0.05, 0.1) is 16.3 Å². The quantitative estimate of drug-likeness (QED) is 0.385. The molecule has 0 radical (unpaired) electrons. The molecule has 1 amide bonds. The Morgan fingerprint density at radius 3 is 2.62 bits per heavy atom. The molecule has 0 saturated heterocycles. The van der Waals surface area contributed by atoms with E-state index in [-0.39, 0.29) is 11.3 Å². The number of amides is 1. The first-order valence-electron chi connectivity index (χ1n) is 9.39. The maximum atomic E-state index is 12.7. The lowest BCUT2D eigenvalue weighted by Gasteiger charge is -2.28. The van der Waals surface area contributed by atoms with E-state index in [9.17, 15) is 4.79 Å². The zero-order valence-corrected chi connectivity index (χ0v) is 18.9. The molecule has 7 nitrogen and oxygen atoms in total. The second-order valence-corrected chi connectivity index (χ2v) is 8.92. The number of allylic oxidation sites excluding steroid dienone is 1. The van der Waals surface area contributed by atoms with Crippen LogP contribution in [0, 0.1) is 5.41 Å². The highest BCUT2D eigenvalue weighted by Crippen LogP contribution is 2.25. The van der Waals surface area contributed by atoms with E-state index >= 15 is 0 Å². The second-order valence-electron chi connectivity index (χ2n) is 7.97. The van der Waals surface area contributed by atoms with Crippen LogP contribution in [0.25, 0.3) is 10.6 Å². The smallest absolute Gasteiger partial charge is 0.251 e. The Bertz CT molecular complexity index is 873. The molecule has 0 spiro atoms. The Kier molecular flexibility index (Phi) is 7.64. The Labute approximate surface area is 177 Å². The highest BCUT2D eigenvalue weighted by molar-refractivity contribution is 7.13. The number of rotatable bonds is 9. The number of anilines is 1. The van der Waals surface area contributed by atoms with Gasteiger partial charge in [0.2, 0.25) is 5.91 Å². The molecule has 8 heteroatoms. The molecule has 0 bridgehead atoms. The molecule has 1 N–H and O–H groups in total. The highest BCUT2D eigenvalue weighted by Gasteiger charge is 2.22. The van der Waals surface area contributed by atoms with Gasteiger partial charge in [0.15, 0.2) is 0 Å². The minimum Gasteiger partial charge on any atom is -0.352 e. The van der Waals surface area contributed by atoms with E-state index in [0.29, 0.717) is 23.8 Å². The van der Waals surface area contributed by atoms with Crippen LogP contribution in [-0.2, 0) is 4.79 Å². The molecule has 0 saturated carbocycles. The molecule has 0 aromatic carbocycles. The van der Waals surface area contributed by atoms with E-state index in [1.54, 1.807) is 24.5 Å². The van der Waals surface area contributed by atoms with Crippen LogP contribution < -0.4 is 10.3 Å². The van der Waals surface area contributed by atoms with Gasteiger partial charge in [-0.2, -0.15) is 5.10 Å². The molecule has 2 heterocycles. The summed E-state index contributed by atoms with van der Waals surface area (Å²) in [5.74, 6) is 0.237. The van der Waals surface area contributed by atoms with Gasteiger partial charge in [0.1, 0.15) is 0 Å². The zero-order valence-electron chi connectivity index (χ0n) is 18.1. The SMILES string of the molecule is C=NN(/C(C)=C(\C)C(=O)NCC(C)(C)CN(C)C)c1nccc(-c2cccs2)n1. The van der Waals surface area contributed by atoms with Gasteiger partial charge in [-0.15, -0.1) is 11.3 Å². The Morgan fingerprint density at radius 1 is 1.31 bits per heavy atom. The topological polar surface area (TPSA) is 73.7 Å². The van der Waals surface area contributed by atoms with Crippen LogP contribution in [-0.4, -0.2) is 54.7 Å². The van der Waals surface area contributed by atoms with Crippen LogP contribution in [0.4, 0.5) is 5.95 Å². The van der Waals surface area contributed by atoms with Crippen LogP contribution in [0.5, 0.6) is 0 Å².